The molecule has 0 amide bonds. The number of ether oxygens (including phenoxy) is 1. The minimum Gasteiger partial charge on any atom is -0.449 e. The van der Waals surface area contributed by atoms with Crippen LogP contribution in [0.5, 0.6) is 11.5 Å². The zero-order valence-electron chi connectivity index (χ0n) is 32.0. The maximum atomic E-state index is 9.75. The second kappa shape index (κ2) is 21.4. The molecule has 0 unspecified atom stereocenters. The van der Waals surface area contributed by atoms with Crippen molar-refractivity contribution in [3.05, 3.63) is 219 Å². The van der Waals surface area contributed by atoms with Crippen molar-refractivity contribution in [1.82, 2.24) is 15.0 Å². The number of nitrogens with zero attached hydrogens (tertiary/aromatic N) is 2. The fourth-order valence-corrected chi connectivity index (χ4v) is 11.9. The van der Waals surface area contributed by atoms with E-state index in [0.717, 1.165) is 34.1 Å². The average molecular weight is 886 g/mol. The first kappa shape index (κ1) is 43.7. The van der Waals surface area contributed by atoms with Crippen LogP contribution in [0.4, 0.5) is 17.3 Å². The van der Waals surface area contributed by atoms with Gasteiger partial charge in [-0.25, -0.2) is 4.98 Å². The Balaban J connectivity index is 0.000000236. The first-order chi connectivity index (χ1) is 28.8. The van der Waals surface area contributed by atoms with Crippen molar-refractivity contribution in [3.8, 4) is 23.0 Å². The summed E-state index contributed by atoms with van der Waals surface area (Å²) in [4.78, 5) is 12.0. The molecule has 7 aromatic carbocycles. The summed E-state index contributed by atoms with van der Waals surface area (Å²) < 4.78 is 45.9. The topological polar surface area (TPSA) is 50.8 Å². The van der Waals surface area contributed by atoms with E-state index in [0.29, 0.717) is 0 Å². The van der Waals surface area contributed by atoms with Gasteiger partial charge in [0.25, 0.3) is 0 Å². The number of pyridine rings is 1. The zero-order chi connectivity index (χ0) is 40.9. The molecule has 4 nitrogen and oxygen atoms in total. The van der Waals surface area contributed by atoms with Crippen LogP contribution >= 0.6 is 15.8 Å². The van der Waals surface area contributed by atoms with Gasteiger partial charge in [0.05, 0.1) is 11.0 Å². The Hall–Kier alpha value is -5.88. The molecule has 1 N–H and O–H groups in total. The maximum Gasteiger partial charge on any atom is 1.00 e. The third kappa shape index (κ3) is 11.9. The number of rotatable bonds is 9. The second-order valence-corrected chi connectivity index (χ2v) is 18.0. The number of hydrogen-bond donors (Lipinski definition) is 1. The number of H-pyrrole nitrogens is 1. The zero-order valence-corrected chi connectivity index (χ0v) is 34.9. The van der Waals surface area contributed by atoms with Crippen LogP contribution in [0.3, 0.4) is 0 Å². The van der Waals surface area contributed by atoms with Gasteiger partial charge in [-0.1, -0.05) is 115 Å². The van der Waals surface area contributed by atoms with E-state index in [-0.39, 0.29) is 17.1 Å². The molecule has 0 aliphatic carbocycles. The fraction of sp³-hybridized carbons (Fsp3) is 0. The van der Waals surface area contributed by atoms with Crippen molar-refractivity contribution in [2.24, 2.45) is 0 Å². The monoisotopic (exact) mass is 885 g/mol. The van der Waals surface area contributed by atoms with Gasteiger partial charge in [0.2, 0.25) is 0 Å². The molecule has 0 saturated carbocycles. The molecule has 0 saturated heterocycles. The van der Waals surface area contributed by atoms with E-state index < -0.39 is 23.1 Å². The maximum absolute atomic E-state index is 9.75. The van der Waals surface area contributed by atoms with Crippen molar-refractivity contribution in [3.63, 3.8) is 0 Å². The van der Waals surface area contributed by atoms with E-state index in [4.69, 9.17) is 4.74 Å². The minimum absolute atomic E-state index is 0. The van der Waals surface area contributed by atoms with Gasteiger partial charge in [0.1, 0.15) is 53.4 Å². The fourth-order valence-electron chi connectivity index (χ4n) is 6.59. The first-order valence-electron chi connectivity index (χ1n) is 18.9. The smallest absolute Gasteiger partial charge is 0.449 e. The van der Waals surface area contributed by atoms with Crippen molar-refractivity contribution in [2.45, 2.75) is 0 Å². The summed E-state index contributed by atoms with van der Waals surface area (Å²) in [6.07, 6.45) is 1.77. The summed E-state index contributed by atoms with van der Waals surface area (Å²) in [6, 6.07) is 74.3. The number of halogens is 4. The van der Waals surface area contributed by atoms with Gasteiger partial charge in [-0.2, -0.15) is 0 Å². The summed E-state index contributed by atoms with van der Waals surface area (Å²) in [6.45, 7) is 0. The van der Waals surface area contributed by atoms with Crippen LogP contribution in [0.15, 0.2) is 219 Å². The molecule has 0 fully saturated rings. The molecule has 0 spiro atoms. The van der Waals surface area contributed by atoms with Gasteiger partial charge in [-0.05, 0) is 97.1 Å². The molecule has 9 aromatic rings. The summed E-state index contributed by atoms with van der Waals surface area (Å²) >= 11 is 0. The van der Waals surface area contributed by atoms with Gasteiger partial charge in [0, 0.05) is 6.20 Å². The van der Waals surface area contributed by atoms with Crippen LogP contribution < -0.4 is 36.6 Å². The van der Waals surface area contributed by atoms with Crippen LogP contribution in [0.25, 0.3) is 22.6 Å². The predicted octanol–water partition coefficient (Wildman–Crippen LogP) is 10.4. The molecule has 0 aliphatic rings. The van der Waals surface area contributed by atoms with Gasteiger partial charge >= 0.3 is 24.3 Å². The minimum atomic E-state index is -6.00. The van der Waals surface area contributed by atoms with E-state index in [1.165, 1.54) is 31.8 Å². The van der Waals surface area contributed by atoms with E-state index in [1.807, 2.05) is 42.5 Å². The third-order valence-electron chi connectivity index (χ3n) is 9.08. The Bertz CT molecular complexity index is 2420. The van der Waals surface area contributed by atoms with Gasteiger partial charge in [-0.15, -0.1) is 0 Å². The Kier molecular flexibility index (Phi) is 15.6. The average Bonchev–Trinajstić information content (AvgIpc) is 3.72. The summed E-state index contributed by atoms with van der Waals surface area (Å²) in [5.74, 6) is 2.67. The van der Waals surface area contributed by atoms with E-state index >= 15 is 0 Å². The standard InChI is InChI=1S/C36H28OP2.C12H9N3.BF4.Cu/c1-5-17-29(18-6-1)38(30-19-7-2-8-20-30)35-27-15-13-25-33(35)37-34-26-14-16-28-36(34)39(31-21-9-3-10-22-31)32-23-11-4-12-24-32;1-2-6-10-9(5-1)14-12(15-10)11-7-3-4-8-13-11;2-1(3,4)5;/h1-28H;1-8H,(H,14,15);;/q;;-1;+1/p+2. The quantitative estimate of drug-likeness (QED) is 0.0893. The van der Waals surface area contributed by atoms with E-state index in [2.05, 4.69) is 185 Å². The molecule has 302 valence electrons. The summed E-state index contributed by atoms with van der Waals surface area (Å²) in [5.41, 5.74) is 2.88. The molecule has 0 aliphatic heterocycles. The van der Waals surface area contributed by atoms with E-state index in [9.17, 15) is 17.3 Å². The molecular formula is C48H39BCuF4N3OP2+2. The Morgan fingerprint density at radius 3 is 1.20 bits per heavy atom. The molecular weight excluding hydrogens is 847 g/mol. The number of nitrogens with one attached hydrogen (secondary N) is 1. The number of aromatic amines is 1. The van der Waals surface area contributed by atoms with Crippen molar-refractivity contribution >= 4 is 66.0 Å². The van der Waals surface area contributed by atoms with Gasteiger partial charge in [-0.3, -0.25) is 4.98 Å². The summed E-state index contributed by atoms with van der Waals surface area (Å²) in [7, 11) is -8.56. The van der Waals surface area contributed by atoms with Gasteiger partial charge < -0.3 is 27.0 Å². The Labute approximate surface area is 359 Å². The molecule has 0 radical (unpaired) electrons. The first-order valence-corrected chi connectivity index (χ1v) is 21.9. The molecule has 2 heterocycles. The molecule has 9 rings (SSSR count). The normalized spacial score (nSPS) is 10.8. The molecule has 12 heteroatoms. The van der Waals surface area contributed by atoms with Gasteiger partial charge in [0.15, 0.2) is 17.3 Å². The van der Waals surface area contributed by atoms with Crippen LogP contribution in [0, 0.1) is 0 Å². The van der Waals surface area contributed by atoms with Crippen molar-refractivity contribution in [2.75, 3.05) is 0 Å². The largest absolute Gasteiger partial charge is 1.00 e. The number of para-hydroxylation sites is 4. The van der Waals surface area contributed by atoms with Crippen molar-refractivity contribution in [1.29, 1.82) is 0 Å². The van der Waals surface area contributed by atoms with Crippen LogP contribution in [-0.2, 0) is 17.1 Å². The number of aromatic nitrogens is 3. The number of imidazole rings is 1. The third-order valence-corrected chi connectivity index (χ3v) is 14.6. The van der Waals surface area contributed by atoms with Crippen molar-refractivity contribution < 1.29 is 39.1 Å². The number of fused-ring (bicyclic) bond motifs is 1. The molecule has 0 atom stereocenters. The predicted molar refractivity (Wildman–Crippen MR) is 243 cm³/mol. The van der Waals surface area contributed by atoms with E-state index in [1.54, 1.807) is 6.20 Å². The van der Waals surface area contributed by atoms with Crippen LogP contribution in [-0.4, -0.2) is 22.2 Å². The molecule has 2 aromatic heterocycles. The Morgan fingerprint density at radius 2 is 0.800 bits per heavy atom. The Morgan fingerprint density at radius 1 is 0.433 bits per heavy atom. The van der Waals surface area contributed by atoms with Crippen LogP contribution in [0.1, 0.15) is 0 Å². The van der Waals surface area contributed by atoms with Crippen LogP contribution in [0.2, 0.25) is 0 Å². The summed E-state index contributed by atoms with van der Waals surface area (Å²) in [5, 5.41) is 7.88. The number of hydrogen-bond acceptors (Lipinski definition) is 3. The SMILES string of the molecule is F[B-](F)(F)F.[Cu+].c1ccc(-c2nc3ccccc3[nH]2)nc1.c1ccc([PH+](c2ccccc2)c2ccccc2Oc2ccccc2[PH+](c2ccccc2)c2ccccc2)cc1. The molecule has 60 heavy (non-hydrogen) atoms. The number of benzene rings is 7. The second-order valence-electron chi connectivity index (χ2n) is 13.1. The molecule has 0 bridgehead atoms.